The van der Waals surface area contributed by atoms with Gasteiger partial charge in [0.2, 0.25) is 0 Å². The minimum absolute atomic E-state index is 0.0736. The first-order chi connectivity index (χ1) is 37.0. The summed E-state index contributed by atoms with van der Waals surface area (Å²) in [6, 6.07) is 0. The van der Waals surface area contributed by atoms with E-state index in [2.05, 4.69) is 57.2 Å². The predicted octanol–water partition coefficient (Wildman–Crippen LogP) is 22.8. The molecule has 0 unspecified atom stereocenters. The fraction of sp³-hybridized carbons (Fsp3) is 0.870. The molecule has 6 nitrogen and oxygen atoms in total. The molecule has 0 saturated carbocycles. The van der Waals surface area contributed by atoms with Crippen LogP contribution in [0.3, 0.4) is 0 Å². The van der Waals surface area contributed by atoms with E-state index in [0.29, 0.717) is 19.3 Å². The van der Waals surface area contributed by atoms with Gasteiger partial charge in [0.25, 0.3) is 0 Å². The zero-order valence-corrected chi connectivity index (χ0v) is 50.6. The van der Waals surface area contributed by atoms with Crippen molar-refractivity contribution in [1.29, 1.82) is 0 Å². The van der Waals surface area contributed by atoms with Crippen molar-refractivity contribution >= 4 is 17.9 Å². The van der Waals surface area contributed by atoms with E-state index in [1.54, 1.807) is 0 Å². The highest BCUT2D eigenvalue weighted by atomic mass is 16.6. The van der Waals surface area contributed by atoms with Crippen LogP contribution in [0.4, 0.5) is 0 Å². The van der Waals surface area contributed by atoms with Crippen molar-refractivity contribution in [3.05, 3.63) is 36.5 Å². The first-order valence-electron chi connectivity index (χ1n) is 33.5. The molecule has 0 rings (SSSR count). The smallest absolute Gasteiger partial charge is 0.306 e. The molecule has 0 aliphatic rings. The normalized spacial score (nSPS) is 12.2. The van der Waals surface area contributed by atoms with E-state index in [1.165, 1.54) is 244 Å². The summed E-state index contributed by atoms with van der Waals surface area (Å²) in [5, 5.41) is 0. The molecule has 1 atom stereocenters. The lowest BCUT2D eigenvalue weighted by atomic mass is 10.0. The van der Waals surface area contributed by atoms with Crippen LogP contribution in [0.5, 0.6) is 0 Å². The molecule has 0 radical (unpaired) electrons. The second-order valence-electron chi connectivity index (χ2n) is 22.7. The van der Waals surface area contributed by atoms with E-state index in [0.717, 1.165) is 83.5 Å². The number of ether oxygens (including phenoxy) is 3. The van der Waals surface area contributed by atoms with Crippen LogP contribution in [0.15, 0.2) is 36.5 Å². The Hall–Kier alpha value is -2.37. The van der Waals surface area contributed by atoms with E-state index < -0.39 is 6.10 Å². The summed E-state index contributed by atoms with van der Waals surface area (Å²) in [5.74, 6) is -0.867. The van der Waals surface area contributed by atoms with Crippen molar-refractivity contribution in [2.75, 3.05) is 13.2 Å². The minimum atomic E-state index is -0.779. The summed E-state index contributed by atoms with van der Waals surface area (Å²) >= 11 is 0. The summed E-state index contributed by atoms with van der Waals surface area (Å²) in [6.45, 7) is 6.67. The largest absolute Gasteiger partial charge is 0.462 e. The third-order valence-corrected chi connectivity index (χ3v) is 15.1. The number of unbranched alkanes of at least 4 members (excludes halogenated alkanes) is 45. The summed E-state index contributed by atoms with van der Waals surface area (Å²) in [7, 11) is 0. The molecule has 0 aromatic carbocycles. The van der Waals surface area contributed by atoms with E-state index in [-0.39, 0.29) is 31.1 Å². The summed E-state index contributed by atoms with van der Waals surface area (Å²) in [6.07, 6.45) is 78.7. The third kappa shape index (κ3) is 62.4. The molecule has 0 amide bonds. The number of rotatable bonds is 62. The molecule has 0 spiro atoms. The number of hydrogen-bond acceptors (Lipinski definition) is 6. The minimum Gasteiger partial charge on any atom is -0.462 e. The Labute approximate surface area is 467 Å². The maximum absolute atomic E-state index is 12.9. The van der Waals surface area contributed by atoms with Crippen LogP contribution in [0, 0.1) is 0 Å². The zero-order valence-electron chi connectivity index (χ0n) is 50.6. The highest BCUT2D eigenvalue weighted by Crippen LogP contribution is 2.18. The highest BCUT2D eigenvalue weighted by Gasteiger charge is 2.19. The van der Waals surface area contributed by atoms with Crippen LogP contribution >= 0.6 is 0 Å². The molecule has 75 heavy (non-hydrogen) atoms. The summed E-state index contributed by atoms with van der Waals surface area (Å²) < 4.78 is 17.0. The van der Waals surface area contributed by atoms with Gasteiger partial charge in [0.05, 0.1) is 0 Å². The lowest BCUT2D eigenvalue weighted by Gasteiger charge is -2.18. The highest BCUT2D eigenvalue weighted by molar-refractivity contribution is 5.71. The topological polar surface area (TPSA) is 78.9 Å². The van der Waals surface area contributed by atoms with Gasteiger partial charge in [-0.2, -0.15) is 0 Å². The zero-order chi connectivity index (χ0) is 54.3. The van der Waals surface area contributed by atoms with E-state index in [1.807, 2.05) is 0 Å². The number of allylic oxidation sites excluding steroid dienone is 6. The predicted molar refractivity (Wildman–Crippen MR) is 326 cm³/mol. The van der Waals surface area contributed by atoms with Gasteiger partial charge in [-0.15, -0.1) is 0 Å². The SMILES string of the molecule is CCCCC/C=C\C/C=C\C/C=C\CCCCCCC(=O)OC[C@H](COC(=O)CCCCCCCCCCCCCCCCCCCCCCC)OC(=O)CCCCCCCCCCCCCCCCCCCCC. The maximum Gasteiger partial charge on any atom is 0.306 e. The molecule has 0 bridgehead atoms. The number of carbonyl (C=O) groups excluding carboxylic acids is 3. The van der Waals surface area contributed by atoms with Crippen molar-refractivity contribution in [3.8, 4) is 0 Å². The molecular weight excluding hydrogens is 925 g/mol. The molecular formula is C69H128O6. The van der Waals surface area contributed by atoms with Gasteiger partial charge in [0, 0.05) is 19.3 Å². The standard InChI is InChI=1S/C69H128O6/c1-4-7-10-13-16-19-22-25-28-31-33-34-36-38-41-44-47-50-53-56-59-62-68(71)74-65-66(64-73-67(70)61-58-55-52-49-46-43-40-37-30-27-24-21-18-15-12-9-6-3)75-69(72)63-60-57-54-51-48-45-42-39-35-32-29-26-23-20-17-14-11-8-5-2/h18,21,27,30,40,43,66H,4-17,19-20,22-26,28-29,31-39,41-42,44-65H2,1-3H3/b21-18-,30-27-,43-40-/t66-/m1/s1. The lowest BCUT2D eigenvalue weighted by molar-refractivity contribution is -0.167. The molecule has 0 aliphatic heterocycles. The van der Waals surface area contributed by atoms with Gasteiger partial charge in [0.15, 0.2) is 6.10 Å². The number of hydrogen-bond donors (Lipinski definition) is 0. The maximum atomic E-state index is 12.9. The monoisotopic (exact) mass is 1050 g/mol. The van der Waals surface area contributed by atoms with Gasteiger partial charge < -0.3 is 14.2 Å². The Morgan fingerprint density at radius 2 is 0.480 bits per heavy atom. The lowest BCUT2D eigenvalue weighted by Crippen LogP contribution is -2.30. The summed E-state index contributed by atoms with van der Waals surface area (Å²) in [4.78, 5) is 38.4. The summed E-state index contributed by atoms with van der Waals surface area (Å²) in [5.41, 5.74) is 0. The van der Waals surface area contributed by atoms with Crippen molar-refractivity contribution in [2.45, 2.75) is 374 Å². The van der Waals surface area contributed by atoms with Crippen molar-refractivity contribution in [3.63, 3.8) is 0 Å². The fourth-order valence-electron chi connectivity index (χ4n) is 10.1. The molecule has 6 heteroatoms. The van der Waals surface area contributed by atoms with E-state index in [4.69, 9.17) is 14.2 Å². The van der Waals surface area contributed by atoms with E-state index >= 15 is 0 Å². The molecule has 0 N–H and O–H groups in total. The number of carbonyl (C=O) groups is 3. The quantitative estimate of drug-likeness (QED) is 0.0261. The van der Waals surface area contributed by atoms with Gasteiger partial charge in [-0.3, -0.25) is 14.4 Å². The molecule has 0 aromatic heterocycles. The average Bonchev–Trinajstić information content (AvgIpc) is 3.41. The van der Waals surface area contributed by atoms with Gasteiger partial charge >= 0.3 is 17.9 Å². The molecule has 0 aromatic rings. The van der Waals surface area contributed by atoms with Gasteiger partial charge in [-0.05, 0) is 57.8 Å². The van der Waals surface area contributed by atoms with E-state index in [9.17, 15) is 14.4 Å². The Bertz CT molecular complexity index is 1250. The fourth-order valence-corrected chi connectivity index (χ4v) is 10.1. The van der Waals surface area contributed by atoms with Gasteiger partial charge in [-0.25, -0.2) is 0 Å². The van der Waals surface area contributed by atoms with Crippen LogP contribution in [0.25, 0.3) is 0 Å². The molecule has 0 fully saturated rings. The molecule has 440 valence electrons. The van der Waals surface area contributed by atoms with Crippen LogP contribution < -0.4 is 0 Å². The first kappa shape index (κ1) is 72.6. The Balaban J connectivity index is 4.33. The second-order valence-corrected chi connectivity index (χ2v) is 22.7. The second kappa shape index (κ2) is 64.2. The van der Waals surface area contributed by atoms with Gasteiger partial charge in [0.1, 0.15) is 13.2 Å². The molecule has 0 heterocycles. The Morgan fingerprint density at radius 1 is 0.267 bits per heavy atom. The average molecular weight is 1050 g/mol. The molecule has 0 saturated heterocycles. The van der Waals surface area contributed by atoms with Crippen molar-refractivity contribution in [2.24, 2.45) is 0 Å². The van der Waals surface area contributed by atoms with Gasteiger partial charge in [-0.1, -0.05) is 327 Å². The van der Waals surface area contributed by atoms with Crippen LogP contribution in [-0.4, -0.2) is 37.2 Å². The van der Waals surface area contributed by atoms with Crippen LogP contribution in [0.2, 0.25) is 0 Å². The van der Waals surface area contributed by atoms with Crippen molar-refractivity contribution in [1.82, 2.24) is 0 Å². The van der Waals surface area contributed by atoms with Crippen LogP contribution in [-0.2, 0) is 28.6 Å². The van der Waals surface area contributed by atoms with Crippen molar-refractivity contribution < 1.29 is 28.6 Å². The Morgan fingerprint density at radius 3 is 0.773 bits per heavy atom. The Kier molecular flexibility index (Phi) is 62.1. The van der Waals surface area contributed by atoms with Crippen LogP contribution in [0.1, 0.15) is 367 Å². The third-order valence-electron chi connectivity index (χ3n) is 15.1. The number of esters is 3. The first-order valence-corrected chi connectivity index (χ1v) is 33.5. The molecule has 0 aliphatic carbocycles.